The number of hydrogen-bond donors (Lipinski definition) is 0. The second-order valence-corrected chi connectivity index (χ2v) is 10.8. The third-order valence-electron chi connectivity index (χ3n) is 2.68. The van der Waals surface area contributed by atoms with Crippen molar-refractivity contribution >= 4 is 19.8 Å². The number of esters is 2. The molecule has 0 aliphatic carbocycles. The van der Waals surface area contributed by atoms with E-state index in [2.05, 4.69) is 0 Å². The number of rotatable bonds is 8. The molecule has 0 saturated carbocycles. The zero-order valence-electron chi connectivity index (χ0n) is 17.3. The van der Waals surface area contributed by atoms with Gasteiger partial charge in [0.05, 0.1) is 17.4 Å². The lowest BCUT2D eigenvalue weighted by molar-refractivity contribution is -0.163. The summed E-state index contributed by atoms with van der Waals surface area (Å²) in [6.45, 7) is 14.5. The molecular weight excluding hydrogens is 363 g/mol. The first-order chi connectivity index (χ1) is 11.5. The number of phosphoric ester groups is 1. The second kappa shape index (κ2) is 9.31. The van der Waals surface area contributed by atoms with Gasteiger partial charge in [-0.05, 0) is 47.0 Å². The molecule has 154 valence electrons. The van der Waals surface area contributed by atoms with Gasteiger partial charge in [0.15, 0.2) is 0 Å². The molecular formula is C17H33O8P. The van der Waals surface area contributed by atoms with Crippen molar-refractivity contribution in [1.29, 1.82) is 0 Å². The molecule has 0 aliphatic heterocycles. The van der Waals surface area contributed by atoms with Crippen molar-refractivity contribution in [3.05, 3.63) is 0 Å². The summed E-state index contributed by atoms with van der Waals surface area (Å²) in [6, 6.07) is 0. The first kappa shape index (κ1) is 25.1. The summed E-state index contributed by atoms with van der Waals surface area (Å²) in [5, 5.41) is 0. The molecule has 0 rings (SSSR count). The van der Waals surface area contributed by atoms with Crippen molar-refractivity contribution in [3.8, 4) is 0 Å². The van der Waals surface area contributed by atoms with Crippen LogP contribution >= 0.6 is 7.82 Å². The highest BCUT2D eigenvalue weighted by atomic mass is 31.2. The number of carbonyl (C=O) groups excluding carboxylic acids is 2. The number of hydrogen-bond acceptors (Lipinski definition) is 8. The molecule has 0 spiro atoms. The van der Waals surface area contributed by atoms with E-state index in [1.807, 2.05) is 20.8 Å². The van der Waals surface area contributed by atoms with Gasteiger partial charge < -0.3 is 9.47 Å². The molecule has 0 atom stereocenters. The Morgan fingerprint density at radius 1 is 0.692 bits per heavy atom. The minimum absolute atomic E-state index is 0.0602. The van der Waals surface area contributed by atoms with Gasteiger partial charge in [-0.25, -0.2) is 13.6 Å². The fourth-order valence-corrected chi connectivity index (χ4v) is 2.24. The van der Waals surface area contributed by atoms with Crippen LogP contribution in [0.3, 0.4) is 0 Å². The normalized spacial score (nSPS) is 13.4. The zero-order chi connectivity index (χ0) is 20.8. The molecule has 0 unspecified atom stereocenters. The Morgan fingerprint density at radius 2 is 1.04 bits per heavy atom. The Hall–Kier alpha value is -0.950. The molecule has 0 bridgehead atoms. The molecule has 0 radical (unpaired) electrons. The lowest BCUT2D eigenvalue weighted by Crippen LogP contribution is -2.25. The van der Waals surface area contributed by atoms with Crippen molar-refractivity contribution in [3.63, 3.8) is 0 Å². The summed E-state index contributed by atoms with van der Waals surface area (Å²) in [6.07, 6.45) is 0. The summed E-state index contributed by atoms with van der Waals surface area (Å²) in [4.78, 5) is 23.5. The molecule has 0 fully saturated rings. The molecule has 0 N–H and O–H groups in total. The highest BCUT2D eigenvalue weighted by Crippen LogP contribution is 2.50. The molecule has 0 heterocycles. The van der Waals surface area contributed by atoms with Gasteiger partial charge in [0, 0.05) is 0 Å². The van der Waals surface area contributed by atoms with Gasteiger partial charge in [-0.1, -0.05) is 20.8 Å². The molecule has 0 aromatic carbocycles. The summed E-state index contributed by atoms with van der Waals surface area (Å²) in [5.74, 6) is -1.06. The first-order valence-electron chi connectivity index (χ1n) is 8.34. The van der Waals surface area contributed by atoms with E-state index >= 15 is 0 Å². The van der Waals surface area contributed by atoms with E-state index in [4.69, 9.17) is 23.0 Å². The third kappa shape index (κ3) is 10.9. The van der Waals surface area contributed by atoms with Crippen LogP contribution in [0, 0.1) is 16.2 Å². The minimum Gasteiger partial charge on any atom is -0.437 e. The van der Waals surface area contributed by atoms with E-state index in [9.17, 15) is 14.2 Å². The maximum atomic E-state index is 12.7. The maximum absolute atomic E-state index is 12.7. The predicted octanol–water partition coefficient (Wildman–Crippen LogP) is 4.28. The molecule has 0 amide bonds. The van der Waals surface area contributed by atoms with Crippen molar-refractivity contribution in [1.82, 2.24) is 0 Å². The van der Waals surface area contributed by atoms with Crippen LogP contribution in [-0.2, 0) is 37.2 Å². The predicted molar refractivity (Wildman–Crippen MR) is 96.0 cm³/mol. The topological polar surface area (TPSA) is 97.4 Å². The Bertz CT molecular complexity index is 486. The van der Waals surface area contributed by atoms with Crippen LogP contribution in [0.15, 0.2) is 0 Å². The fraction of sp³-hybridized carbons (Fsp3) is 0.882. The van der Waals surface area contributed by atoms with Gasteiger partial charge >= 0.3 is 19.8 Å². The van der Waals surface area contributed by atoms with Crippen LogP contribution in [0.25, 0.3) is 0 Å². The van der Waals surface area contributed by atoms with Gasteiger partial charge in [-0.3, -0.25) is 14.1 Å². The highest BCUT2D eigenvalue weighted by Gasteiger charge is 2.32. The van der Waals surface area contributed by atoms with Gasteiger partial charge in [-0.2, -0.15) is 0 Å². The number of carbonyl (C=O) groups is 2. The Morgan fingerprint density at radius 3 is 1.31 bits per heavy atom. The summed E-state index contributed by atoms with van der Waals surface area (Å²) >= 11 is 0. The third-order valence-corrected chi connectivity index (χ3v) is 3.97. The lowest BCUT2D eigenvalue weighted by Gasteiger charge is -2.24. The molecule has 26 heavy (non-hydrogen) atoms. The minimum atomic E-state index is -4.09. The Kier molecular flexibility index (Phi) is 8.97. The van der Waals surface area contributed by atoms with Gasteiger partial charge in [0.1, 0.15) is 0 Å². The Labute approximate surface area is 156 Å². The zero-order valence-corrected chi connectivity index (χ0v) is 18.2. The van der Waals surface area contributed by atoms with Crippen molar-refractivity contribution in [2.45, 2.75) is 62.3 Å². The molecule has 8 nitrogen and oxygen atoms in total. The van der Waals surface area contributed by atoms with E-state index < -0.39 is 44.2 Å². The van der Waals surface area contributed by atoms with Gasteiger partial charge in [0.2, 0.25) is 13.6 Å². The van der Waals surface area contributed by atoms with Crippen molar-refractivity contribution in [2.24, 2.45) is 16.2 Å². The fourth-order valence-electron chi connectivity index (χ4n) is 1.11. The van der Waals surface area contributed by atoms with Gasteiger partial charge in [-0.15, -0.1) is 0 Å². The SMILES string of the molecule is CC(C)(C)COP(=O)(OCOC(=O)C(C)(C)C)OCOC(=O)C(C)(C)C. The molecule has 0 saturated heterocycles. The second-order valence-electron chi connectivity index (χ2n) is 9.14. The standard InChI is InChI=1S/C17H33O8P/c1-15(2,3)10-23-26(20,24-11-21-13(18)16(4,5)6)25-12-22-14(19)17(7,8)9/h10-12H2,1-9H3. The molecule has 0 aromatic rings. The lowest BCUT2D eigenvalue weighted by atomic mass is 9.98. The molecule has 0 aliphatic rings. The van der Waals surface area contributed by atoms with E-state index in [1.54, 1.807) is 41.5 Å². The van der Waals surface area contributed by atoms with Crippen molar-refractivity contribution in [2.75, 3.05) is 20.2 Å². The average molecular weight is 396 g/mol. The average Bonchev–Trinajstić information content (AvgIpc) is 2.42. The monoisotopic (exact) mass is 396 g/mol. The smallest absolute Gasteiger partial charge is 0.437 e. The summed E-state index contributed by atoms with van der Waals surface area (Å²) in [7, 11) is -4.09. The number of phosphoric acid groups is 1. The van der Waals surface area contributed by atoms with E-state index in [0.717, 1.165) is 0 Å². The van der Waals surface area contributed by atoms with E-state index in [1.165, 1.54) is 0 Å². The molecule has 0 aromatic heterocycles. The quantitative estimate of drug-likeness (QED) is 0.341. The highest BCUT2D eigenvalue weighted by molar-refractivity contribution is 7.48. The van der Waals surface area contributed by atoms with Crippen LogP contribution in [0.4, 0.5) is 0 Å². The summed E-state index contributed by atoms with van der Waals surface area (Å²) < 4.78 is 37.8. The Balaban J connectivity index is 4.78. The molecule has 9 heteroatoms. The van der Waals surface area contributed by atoms with Crippen LogP contribution in [0.1, 0.15) is 62.3 Å². The van der Waals surface area contributed by atoms with Crippen LogP contribution < -0.4 is 0 Å². The van der Waals surface area contributed by atoms with Crippen LogP contribution in [0.2, 0.25) is 0 Å². The first-order valence-corrected chi connectivity index (χ1v) is 9.80. The maximum Gasteiger partial charge on any atom is 0.480 e. The van der Waals surface area contributed by atoms with E-state index in [0.29, 0.717) is 0 Å². The van der Waals surface area contributed by atoms with Gasteiger partial charge in [0.25, 0.3) is 0 Å². The van der Waals surface area contributed by atoms with Crippen LogP contribution in [-0.4, -0.2) is 32.1 Å². The van der Waals surface area contributed by atoms with E-state index in [-0.39, 0.29) is 12.0 Å². The number of ether oxygens (including phenoxy) is 2. The largest absolute Gasteiger partial charge is 0.480 e. The van der Waals surface area contributed by atoms with Crippen molar-refractivity contribution < 1.29 is 37.2 Å². The summed E-state index contributed by atoms with van der Waals surface area (Å²) in [5.41, 5.74) is -1.78. The van der Waals surface area contributed by atoms with Crippen LogP contribution in [0.5, 0.6) is 0 Å².